The third kappa shape index (κ3) is 1.84. The minimum Gasteiger partial charge on any atom is -0.353 e. The van der Waals surface area contributed by atoms with Crippen LogP contribution >= 0.6 is 0 Å². The van der Waals surface area contributed by atoms with Gasteiger partial charge in [-0.1, -0.05) is 0 Å². The molecule has 2 aliphatic rings. The van der Waals surface area contributed by atoms with Crippen LogP contribution < -0.4 is 10.6 Å². The van der Waals surface area contributed by atoms with Gasteiger partial charge in [0.05, 0.1) is 12.7 Å². The average Bonchev–Trinajstić information content (AvgIpc) is 2.61. The molecule has 2 rings (SSSR count). The average molecular weight is 183 g/mol. The molecule has 1 amide bonds. The molecule has 0 aromatic rings. The van der Waals surface area contributed by atoms with Gasteiger partial charge in [0.15, 0.2) is 0 Å². The molecule has 4 nitrogen and oxygen atoms in total. The van der Waals surface area contributed by atoms with Crippen LogP contribution in [0.3, 0.4) is 0 Å². The van der Waals surface area contributed by atoms with Gasteiger partial charge in [0, 0.05) is 12.6 Å². The Morgan fingerprint density at radius 1 is 1.54 bits per heavy atom. The van der Waals surface area contributed by atoms with Gasteiger partial charge in [-0.15, -0.1) is 0 Å². The Kier molecular flexibility index (Phi) is 2.51. The van der Waals surface area contributed by atoms with Crippen molar-refractivity contribution >= 4 is 5.91 Å². The summed E-state index contributed by atoms with van der Waals surface area (Å²) in [7, 11) is 0. The van der Waals surface area contributed by atoms with E-state index >= 15 is 0 Å². The van der Waals surface area contributed by atoms with E-state index in [4.69, 9.17) is 0 Å². The van der Waals surface area contributed by atoms with Crippen molar-refractivity contribution in [3.8, 4) is 0 Å². The zero-order valence-electron chi connectivity index (χ0n) is 8.05. The smallest absolute Gasteiger partial charge is 0.234 e. The minimum atomic E-state index is 0.159. The SMILES string of the molecule is CC1CNC(=O)CN1C1CCCN1. The first-order valence-electron chi connectivity index (χ1n) is 5.03. The van der Waals surface area contributed by atoms with E-state index in [1.54, 1.807) is 0 Å². The molecule has 0 aromatic heterocycles. The molecule has 2 atom stereocenters. The van der Waals surface area contributed by atoms with E-state index in [1.807, 2.05) is 0 Å². The minimum absolute atomic E-state index is 0.159. The maximum atomic E-state index is 11.2. The van der Waals surface area contributed by atoms with Crippen LogP contribution in [-0.4, -0.2) is 42.6 Å². The zero-order chi connectivity index (χ0) is 9.26. The van der Waals surface area contributed by atoms with Crippen molar-refractivity contribution in [1.82, 2.24) is 15.5 Å². The van der Waals surface area contributed by atoms with E-state index in [0.29, 0.717) is 18.8 Å². The second kappa shape index (κ2) is 3.64. The van der Waals surface area contributed by atoms with Crippen LogP contribution in [0.5, 0.6) is 0 Å². The second-order valence-corrected chi connectivity index (χ2v) is 3.94. The Bertz CT molecular complexity index is 201. The molecule has 74 valence electrons. The van der Waals surface area contributed by atoms with Crippen LogP contribution in [0.1, 0.15) is 19.8 Å². The highest BCUT2D eigenvalue weighted by molar-refractivity contribution is 5.78. The fraction of sp³-hybridized carbons (Fsp3) is 0.889. The monoisotopic (exact) mass is 183 g/mol. The molecule has 2 N–H and O–H groups in total. The lowest BCUT2D eigenvalue weighted by Crippen LogP contribution is -2.58. The summed E-state index contributed by atoms with van der Waals surface area (Å²) in [5, 5.41) is 6.30. The summed E-state index contributed by atoms with van der Waals surface area (Å²) in [6.07, 6.45) is 2.84. The number of carbonyl (C=O) groups excluding carboxylic acids is 1. The highest BCUT2D eigenvalue weighted by atomic mass is 16.2. The third-order valence-electron chi connectivity index (χ3n) is 2.92. The first-order chi connectivity index (χ1) is 6.27. The number of rotatable bonds is 1. The number of piperazine rings is 1. The molecule has 0 bridgehead atoms. The van der Waals surface area contributed by atoms with Crippen molar-refractivity contribution in [3.05, 3.63) is 0 Å². The molecule has 0 aliphatic carbocycles. The quantitative estimate of drug-likeness (QED) is 0.577. The normalized spacial score (nSPS) is 36.2. The van der Waals surface area contributed by atoms with Crippen LogP contribution in [0, 0.1) is 0 Å². The highest BCUT2D eigenvalue weighted by Gasteiger charge is 2.30. The van der Waals surface area contributed by atoms with Crippen molar-refractivity contribution in [2.45, 2.75) is 32.0 Å². The first kappa shape index (κ1) is 8.97. The molecule has 13 heavy (non-hydrogen) atoms. The van der Waals surface area contributed by atoms with E-state index in [2.05, 4.69) is 22.5 Å². The molecular weight excluding hydrogens is 166 g/mol. The van der Waals surface area contributed by atoms with Gasteiger partial charge in [-0.05, 0) is 26.3 Å². The van der Waals surface area contributed by atoms with Crippen LogP contribution in [0.25, 0.3) is 0 Å². The van der Waals surface area contributed by atoms with Gasteiger partial charge in [-0.3, -0.25) is 9.69 Å². The van der Waals surface area contributed by atoms with Crippen LogP contribution in [0.2, 0.25) is 0 Å². The molecule has 2 unspecified atom stereocenters. The summed E-state index contributed by atoms with van der Waals surface area (Å²) < 4.78 is 0. The van der Waals surface area contributed by atoms with Gasteiger partial charge < -0.3 is 10.6 Å². The summed E-state index contributed by atoms with van der Waals surface area (Å²) in [4.78, 5) is 13.5. The van der Waals surface area contributed by atoms with Gasteiger partial charge in [0.25, 0.3) is 0 Å². The Hall–Kier alpha value is -0.610. The van der Waals surface area contributed by atoms with Crippen LogP contribution in [-0.2, 0) is 4.79 Å². The molecule has 2 aliphatic heterocycles. The number of hydrogen-bond donors (Lipinski definition) is 2. The zero-order valence-corrected chi connectivity index (χ0v) is 8.05. The molecule has 4 heteroatoms. The number of hydrogen-bond acceptors (Lipinski definition) is 3. The molecule has 0 spiro atoms. The fourth-order valence-electron chi connectivity index (χ4n) is 2.12. The van der Waals surface area contributed by atoms with E-state index in [1.165, 1.54) is 12.8 Å². The summed E-state index contributed by atoms with van der Waals surface area (Å²) in [6, 6.07) is 0.466. The molecule has 0 aromatic carbocycles. The Morgan fingerprint density at radius 2 is 2.38 bits per heavy atom. The van der Waals surface area contributed by atoms with Gasteiger partial charge in [-0.25, -0.2) is 0 Å². The molecule has 0 radical (unpaired) electrons. The molecule has 2 heterocycles. The summed E-state index contributed by atoms with van der Waals surface area (Å²) in [6.45, 7) is 4.60. The number of nitrogens with zero attached hydrogens (tertiary/aromatic N) is 1. The van der Waals surface area contributed by atoms with Crippen molar-refractivity contribution in [3.63, 3.8) is 0 Å². The van der Waals surface area contributed by atoms with Gasteiger partial charge >= 0.3 is 0 Å². The summed E-state index contributed by atoms with van der Waals surface area (Å²) in [5.74, 6) is 0.159. The fourth-order valence-corrected chi connectivity index (χ4v) is 2.12. The lowest BCUT2D eigenvalue weighted by molar-refractivity contribution is -0.126. The van der Waals surface area contributed by atoms with Gasteiger partial charge in [-0.2, -0.15) is 0 Å². The van der Waals surface area contributed by atoms with Crippen molar-refractivity contribution in [2.24, 2.45) is 0 Å². The predicted molar refractivity (Wildman–Crippen MR) is 50.2 cm³/mol. The van der Waals surface area contributed by atoms with E-state index in [9.17, 15) is 4.79 Å². The van der Waals surface area contributed by atoms with Gasteiger partial charge in [0.2, 0.25) is 5.91 Å². The van der Waals surface area contributed by atoms with Crippen LogP contribution in [0.15, 0.2) is 0 Å². The largest absolute Gasteiger partial charge is 0.353 e. The molecule has 0 saturated carbocycles. The van der Waals surface area contributed by atoms with Crippen molar-refractivity contribution < 1.29 is 4.79 Å². The first-order valence-corrected chi connectivity index (χ1v) is 5.03. The second-order valence-electron chi connectivity index (χ2n) is 3.94. The summed E-state index contributed by atoms with van der Waals surface area (Å²) >= 11 is 0. The standard InChI is InChI=1S/C9H17N3O/c1-7-5-11-9(13)6-12(7)8-3-2-4-10-8/h7-8,10H,2-6H2,1H3,(H,11,13). The maximum absolute atomic E-state index is 11.2. The number of amides is 1. The third-order valence-corrected chi connectivity index (χ3v) is 2.92. The lowest BCUT2D eigenvalue weighted by atomic mass is 10.2. The molecular formula is C9H17N3O. The summed E-state index contributed by atoms with van der Waals surface area (Å²) in [5.41, 5.74) is 0. The Balaban J connectivity index is 1.98. The van der Waals surface area contributed by atoms with Gasteiger partial charge in [0.1, 0.15) is 0 Å². The lowest BCUT2D eigenvalue weighted by Gasteiger charge is -2.37. The van der Waals surface area contributed by atoms with Crippen LogP contribution in [0.4, 0.5) is 0 Å². The van der Waals surface area contributed by atoms with Crippen molar-refractivity contribution in [2.75, 3.05) is 19.6 Å². The van der Waals surface area contributed by atoms with Crippen molar-refractivity contribution in [1.29, 1.82) is 0 Å². The highest BCUT2D eigenvalue weighted by Crippen LogP contribution is 2.14. The molecule has 2 saturated heterocycles. The Labute approximate surface area is 78.7 Å². The number of carbonyl (C=O) groups is 1. The topological polar surface area (TPSA) is 44.4 Å². The predicted octanol–water partition coefficient (Wildman–Crippen LogP) is -0.484. The van der Waals surface area contributed by atoms with E-state index in [0.717, 1.165) is 13.1 Å². The Morgan fingerprint density at radius 3 is 3.08 bits per heavy atom. The van der Waals surface area contributed by atoms with E-state index < -0.39 is 0 Å². The maximum Gasteiger partial charge on any atom is 0.234 e. The number of nitrogens with one attached hydrogen (secondary N) is 2. The molecule has 2 fully saturated rings. The van der Waals surface area contributed by atoms with E-state index in [-0.39, 0.29) is 5.91 Å².